The first-order valence-electron chi connectivity index (χ1n) is 12.1. The second-order valence-electron chi connectivity index (χ2n) is 9.02. The van der Waals surface area contributed by atoms with Gasteiger partial charge in [-0.15, -0.1) is 0 Å². The van der Waals surface area contributed by atoms with E-state index >= 15 is 0 Å². The molecule has 2 fully saturated rings. The number of ether oxygens (including phenoxy) is 1. The number of piperidine rings is 1. The molecule has 2 aromatic rings. The summed E-state index contributed by atoms with van der Waals surface area (Å²) in [5, 5.41) is 3.22. The van der Waals surface area contributed by atoms with Crippen LogP contribution in [0.25, 0.3) is 6.08 Å². The summed E-state index contributed by atoms with van der Waals surface area (Å²) in [7, 11) is 0. The minimum absolute atomic E-state index is 0.0397. The Balaban J connectivity index is 1.25. The number of pyridine rings is 1. The van der Waals surface area contributed by atoms with E-state index in [1.54, 1.807) is 23.4 Å². The lowest BCUT2D eigenvalue weighted by Gasteiger charge is -2.33. The van der Waals surface area contributed by atoms with Crippen molar-refractivity contribution in [3.8, 4) is 5.75 Å². The van der Waals surface area contributed by atoms with Crippen molar-refractivity contribution in [2.24, 2.45) is 5.92 Å². The number of aromatic nitrogens is 1. The zero-order valence-electron chi connectivity index (χ0n) is 19.1. The lowest BCUT2D eigenvalue weighted by Crippen LogP contribution is -2.47. The first-order valence-corrected chi connectivity index (χ1v) is 12.1. The number of rotatable bonds is 7. The fourth-order valence-corrected chi connectivity index (χ4v) is 4.56. The van der Waals surface area contributed by atoms with E-state index in [4.69, 9.17) is 4.74 Å². The zero-order chi connectivity index (χ0) is 22.9. The van der Waals surface area contributed by atoms with Crippen LogP contribution in [-0.4, -0.2) is 40.8 Å². The molecule has 1 saturated carbocycles. The van der Waals surface area contributed by atoms with Gasteiger partial charge in [0.1, 0.15) is 12.4 Å². The SMILES string of the molecule is O=C(NC1CCCCC1)C1CCCN(C(=O)/C=C/c2ccc(OCc3cccnc3)cc2)C1. The Morgan fingerprint density at radius 3 is 2.64 bits per heavy atom. The van der Waals surface area contributed by atoms with Gasteiger partial charge < -0.3 is 15.0 Å². The van der Waals surface area contributed by atoms with Crippen LogP contribution in [0, 0.1) is 5.92 Å². The molecule has 1 aromatic heterocycles. The van der Waals surface area contributed by atoms with Crippen molar-refractivity contribution in [1.29, 1.82) is 0 Å². The molecule has 1 N–H and O–H groups in total. The highest BCUT2D eigenvalue weighted by atomic mass is 16.5. The average molecular weight is 448 g/mol. The number of hydrogen-bond acceptors (Lipinski definition) is 4. The third-order valence-electron chi connectivity index (χ3n) is 6.48. The lowest BCUT2D eigenvalue weighted by atomic mass is 9.93. The highest BCUT2D eigenvalue weighted by Crippen LogP contribution is 2.21. The molecule has 4 rings (SSSR count). The lowest BCUT2D eigenvalue weighted by molar-refractivity contribution is -0.132. The summed E-state index contributed by atoms with van der Waals surface area (Å²) >= 11 is 0. The maximum atomic E-state index is 12.7. The molecule has 1 aliphatic heterocycles. The van der Waals surface area contributed by atoms with Crippen molar-refractivity contribution >= 4 is 17.9 Å². The van der Waals surface area contributed by atoms with Gasteiger partial charge in [0.25, 0.3) is 0 Å². The second-order valence-corrected chi connectivity index (χ2v) is 9.02. The summed E-state index contributed by atoms with van der Waals surface area (Å²) in [6, 6.07) is 11.8. The molecule has 0 bridgehead atoms. The number of benzene rings is 1. The summed E-state index contributed by atoms with van der Waals surface area (Å²) in [5.74, 6) is 0.742. The molecule has 6 heteroatoms. The molecule has 1 saturated heterocycles. The first kappa shape index (κ1) is 23.0. The van der Waals surface area contributed by atoms with Crippen LogP contribution in [0.5, 0.6) is 5.75 Å². The van der Waals surface area contributed by atoms with Crippen LogP contribution in [0.2, 0.25) is 0 Å². The predicted molar refractivity (Wildman–Crippen MR) is 128 cm³/mol. The zero-order valence-corrected chi connectivity index (χ0v) is 19.1. The second kappa shape index (κ2) is 11.6. The molecule has 0 radical (unpaired) electrons. The van der Waals surface area contributed by atoms with Crippen LogP contribution in [-0.2, 0) is 16.2 Å². The minimum Gasteiger partial charge on any atom is -0.489 e. The van der Waals surface area contributed by atoms with Gasteiger partial charge in [-0.05, 0) is 55.5 Å². The van der Waals surface area contributed by atoms with Gasteiger partial charge in [-0.1, -0.05) is 37.5 Å². The van der Waals surface area contributed by atoms with Gasteiger partial charge in [-0.2, -0.15) is 0 Å². The molecule has 174 valence electrons. The Kier molecular flexibility index (Phi) is 8.12. The smallest absolute Gasteiger partial charge is 0.246 e. The largest absolute Gasteiger partial charge is 0.489 e. The van der Waals surface area contributed by atoms with Gasteiger partial charge in [-0.3, -0.25) is 14.6 Å². The van der Waals surface area contributed by atoms with E-state index in [-0.39, 0.29) is 17.7 Å². The van der Waals surface area contributed by atoms with Crippen LogP contribution >= 0.6 is 0 Å². The first-order chi connectivity index (χ1) is 16.2. The minimum atomic E-state index is -0.103. The average Bonchev–Trinajstić information content (AvgIpc) is 2.88. The molecular formula is C27H33N3O3. The summed E-state index contributed by atoms with van der Waals surface area (Å²) in [6.45, 7) is 1.67. The van der Waals surface area contributed by atoms with Gasteiger partial charge in [-0.25, -0.2) is 0 Å². The summed E-state index contributed by atoms with van der Waals surface area (Å²) < 4.78 is 5.78. The van der Waals surface area contributed by atoms with Crippen molar-refractivity contribution in [3.05, 3.63) is 66.0 Å². The van der Waals surface area contributed by atoms with Crippen LogP contribution in [0.15, 0.2) is 54.9 Å². The fraction of sp³-hybridized carbons (Fsp3) is 0.444. The molecule has 2 amide bonds. The van der Waals surface area contributed by atoms with Gasteiger partial charge in [0, 0.05) is 43.2 Å². The number of carbonyl (C=O) groups excluding carboxylic acids is 2. The van der Waals surface area contributed by atoms with E-state index in [1.807, 2.05) is 42.5 Å². The molecule has 0 spiro atoms. The van der Waals surface area contributed by atoms with E-state index in [0.29, 0.717) is 25.7 Å². The molecule has 2 aliphatic rings. The van der Waals surface area contributed by atoms with E-state index in [9.17, 15) is 9.59 Å². The van der Waals surface area contributed by atoms with Crippen molar-refractivity contribution in [2.75, 3.05) is 13.1 Å². The van der Waals surface area contributed by atoms with Crippen molar-refractivity contribution in [2.45, 2.75) is 57.6 Å². The third kappa shape index (κ3) is 6.91. The van der Waals surface area contributed by atoms with Crippen LogP contribution in [0.1, 0.15) is 56.1 Å². The normalized spacial score (nSPS) is 19.4. The number of nitrogens with one attached hydrogen (secondary N) is 1. The highest BCUT2D eigenvalue weighted by Gasteiger charge is 2.29. The number of nitrogens with zero attached hydrogens (tertiary/aromatic N) is 2. The van der Waals surface area contributed by atoms with Gasteiger partial charge >= 0.3 is 0 Å². The monoisotopic (exact) mass is 447 g/mol. The maximum Gasteiger partial charge on any atom is 0.246 e. The number of likely N-dealkylation sites (tertiary alicyclic amines) is 1. The third-order valence-corrected chi connectivity index (χ3v) is 6.48. The maximum absolute atomic E-state index is 12.7. The molecule has 1 aromatic carbocycles. The molecule has 33 heavy (non-hydrogen) atoms. The van der Waals surface area contributed by atoms with Crippen molar-refractivity contribution in [3.63, 3.8) is 0 Å². The number of hydrogen-bond donors (Lipinski definition) is 1. The Morgan fingerprint density at radius 1 is 1.06 bits per heavy atom. The quantitative estimate of drug-likeness (QED) is 0.640. The summed E-state index contributed by atoms with van der Waals surface area (Å²) in [6.07, 6.45) is 14.5. The van der Waals surface area contributed by atoms with Crippen LogP contribution in [0.3, 0.4) is 0 Å². The molecule has 1 unspecified atom stereocenters. The Labute approximate surface area is 196 Å². The van der Waals surface area contributed by atoms with Gasteiger partial charge in [0.05, 0.1) is 5.92 Å². The predicted octanol–water partition coefficient (Wildman–Crippen LogP) is 4.36. The Bertz CT molecular complexity index is 937. The molecule has 1 atom stereocenters. The number of carbonyl (C=O) groups is 2. The van der Waals surface area contributed by atoms with Crippen molar-refractivity contribution in [1.82, 2.24) is 15.2 Å². The van der Waals surface area contributed by atoms with E-state index in [2.05, 4.69) is 10.3 Å². The molecular weight excluding hydrogens is 414 g/mol. The summed E-state index contributed by atoms with van der Waals surface area (Å²) in [4.78, 5) is 31.3. The number of amides is 2. The van der Waals surface area contributed by atoms with Gasteiger partial charge in [0.15, 0.2) is 0 Å². The standard InChI is InChI=1S/C27H33N3O3/c31-26(30-17-5-7-23(19-30)27(32)29-24-8-2-1-3-9-24)15-12-21-10-13-25(14-11-21)33-20-22-6-4-16-28-18-22/h4,6,10-16,18,23-24H,1-3,5,7-9,17,19-20H2,(H,29,32)/b15-12+. The van der Waals surface area contributed by atoms with Crippen molar-refractivity contribution < 1.29 is 14.3 Å². The fourth-order valence-electron chi connectivity index (χ4n) is 4.56. The molecule has 1 aliphatic carbocycles. The summed E-state index contributed by atoms with van der Waals surface area (Å²) in [5.41, 5.74) is 1.94. The van der Waals surface area contributed by atoms with E-state index in [1.165, 1.54) is 19.3 Å². The Morgan fingerprint density at radius 2 is 1.88 bits per heavy atom. The molecule has 6 nitrogen and oxygen atoms in total. The van der Waals surface area contributed by atoms with E-state index < -0.39 is 0 Å². The van der Waals surface area contributed by atoms with E-state index in [0.717, 1.165) is 42.6 Å². The topological polar surface area (TPSA) is 71.5 Å². The molecule has 2 heterocycles. The van der Waals surface area contributed by atoms with Crippen LogP contribution < -0.4 is 10.1 Å². The highest BCUT2D eigenvalue weighted by molar-refractivity contribution is 5.92. The van der Waals surface area contributed by atoms with Crippen LogP contribution in [0.4, 0.5) is 0 Å². The Hall–Kier alpha value is -3.15. The van der Waals surface area contributed by atoms with Gasteiger partial charge in [0.2, 0.25) is 11.8 Å².